The van der Waals surface area contributed by atoms with Crippen LogP contribution in [0.25, 0.3) is 16.9 Å². The molecule has 4 aromatic rings. The van der Waals surface area contributed by atoms with Crippen molar-refractivity contribution in [3.8, 4) is 11.3 Å². The molecular formula is C21H16N4O2. The van der Waals surface area contributed by atoms with E-state index in [1.54, 1.807) is 11.0 Å². The molecular weight excluding hydrogens is 340 g/mol. The van der Waals surface area contributed by atoms with Gasteiger partial charge in [0.05, 0.1) is 17.8 Å². The lowest BCUT2D eigenvalue weighted by Gasteiger charge is -2.14. The normalized spacial score (nSPS) is 13.3. The van der Waals surface area contributed by atoms with Gasteiger partial charge in [0.25, 0.3) is 11.5 Å². The molecule has 0 aliphatic carbocycles. The highest BCUT2D eigenvalue weighted by atomic mass is 16.2. The first-order valence-corrected chi connectivity index (χ1v) is 8.74. The van der Waals surface area contributed by atoms with Crippen molar-refractivity contribution >= 4 is 11.6 Å². The van der Waals surface area contributed by atoms with Gasteiger partial charge in [0.1, 0.15) is 5.69 Å². The number of rotatable bonds is 3. The number of amides is 1. The maximum absolute atomic E-state index is 12.9. The highest BCUT2D eigenvalue weighted by Crippen LogP contribution is 2.23. The summed E-state index contributed by atoms with van der Waals surface area (Å²) < 4.78 is 1.42. The number of benzene rings is 2. The van der Waals surface area contributed by atoms with Crippen LogP contribution in [0.3, 0.4) is 0 Å². The third kappa shape index (κ3) is 2.54. The summed E-state index contributed by atoms with van der Waals surface area (Å²) in [5, 5.41) is 3.10. The predicted molar refractivity (Wildman–Crippen MR) is 101 cm³/mol. The second kappa shape index (κ2) is 5.95. The minimum atomic E-state index is -0.221. The number of hydrogen-bond donors (Lipinski definition) is 1. The van der Waals surface area contributed by atoms with E-state index < -0.39 is 0 Å². The molecule has 132 valence electrons. The smallest absolute Gasteiger partial charge is 0.278 e. The number of nitrogens with zero attached hydrogens (tertiary/aromatic N) is 3. The van der Waals surface area contributed by atoms with Crippen LogP contribution in [0.4, 0.5) is 0 Å². The number of fused-ring (bicyclic) bond motifs is 2. The summed E-state index contributed by atoms with van der Waals surface area (Å²) in [6.07, 6.45) is 0. The van der Waals surface area contributed by atoms with Gasteiger partial charge >= 0.3 is 0 Å². The summed E-state index contributed by atoms with van der Waals surface area (Å²) in [4.78, 5) is 31.8. The predicted octanol–water partition coefficient (Wildman–Crippen LogP) is 2.85. The van der Waals surface area contributed by atoms with E-state index in [2.05, 4.69) is 10.1 Å². The van der Waals surface area contributed by atoms with Crippen molar-refractivity contribution in [2.75, 3.05) is 0 Å². The molecule has 1 aliphatic heterocycles. The number of aromatic amines is 1. The second-order valence-corrected chi connectivity index (χ2v) is 6.62. The van der Waals surface area contributed by atoms with Gasteiger partial charge in [-0.25, -0.2) is 9.50 Å². The molecule has 6 nitrogen and oxygen atoms in total. The standard InChI is InChI=1S/C21H16N4O2/c26-20-16-13-24(12-14-7-3-1-4-8-14)21(27)19(16)22-18-11-17(23-25(18)20)15-9-5-2-6-10-15/h1-11,23H,12-13H2. The zero-order valence-electron chi connectivity index (χ0n) is 14.4. The number of nitrogens with one attached hydrogen (secondary N) is 1. The van der Waals surface area contributed by atoms with Gasteiger partial charge in [-0.2, -0.15) is 0 Å². The first kappa shape index (κ1) is 15.6. The van der Waals surface area contributed by atoms with Crippen LogP contribution in [0, 0.1) is 0 Å². The summed E-state index contributed by atoms with van der Waals surface area (Å²) in [6.45, 7) is 0.737. The van der Waals surface area contributed by atoms with Crippen LogP contribution in [0.1, 0.15) is 21.6 Å². The Morgan fingerprint density at radius 2 is 1.67 bits per heavy atom. The van der Waals surface area contributed by atoms with E-state index in [-0.39, 0.29) is 23.7 Å². The Labute approximate surface area is 154 Å². The van der Waals surface area contributed by atoms with E-state index >= 15 is 0 Å². The number of H-pyrrole nitrogens is 1. The van der Waals surface area contributed by atoms with Crippen LogP contribution in [0.2, 0.25) is 0 Å². The van der Waals surface area contributed by atoms with Crippen LogP contribution in [0.5, 0.6) is 0 Å². The van der Waals surface area contributed by atoms with Gasteiger partial charge in [-0.05, 0) is 11.1 Å². The lowest BCUT2D eigenvalue weighted by molar-refractivity contribution is 0.0762. The molecule has 0 unspecified atom stereocenters. The van der Waals surface area contributed by atoms with Crippen molar-refractivity contribution in [3.63, 3.8) is 0 Å². The van der Waals surface area contributed by atoms with Crippen molar-refractivity contribution in [2.45, 2.75) is 13.1 Å². The van der Waals surface area contributed by atoms with E-state index in [9.17, 15) is 9.59 Å². The average molecular weight is 356 g/mol. The third-order valence-electron chi connectivity index (χ3n) is 4.85. The van der Waals surface area contributed by atoms with E-state index in [0.717, 1.165) is 16.8 Å². The fourth-order valence-electron chi connectivity index (χ4n) is 3.49. The van der Waals surface area contributed by atoms with E-state index in [0.29, 0.717) is 17.8 Å². The molecule has 0 radical (unpaired) electrons. The van der Waals surface area contributed by atoms with Crippen molar-refractivity contribution in [2.24, 2.45) is 0 Å². The minimum Gasteiger partial charge on any atom is -0.328 e. The Balaban J connectivity index is 1.55. The molecule has 0 spiro atoms. The zero-order valence-corrected chi connectivity index (χ0v) is 14.4. The summed E-state index contributed by atoms with van der Waals surface area (Å²) in [7, 11) is 0. The van der Waals surface area contributed by atoms with Gasteiger partial charge in [0.2, 0.25) is 0 Å². The van der Waals surface area contributed by atoms with Gasteiger partial charge in [0, 0.05) is 12.6 Å². The molecule has 0 fully saturated rings. The molecule has 3 heterocycles. The van der Waals surface area contributed by atoms with Crippen molar-refractivity contribution in [3.05, 3.63) is 93.9 Å². The maximum atomic E-state index is 12.9. The van der Waals surface area contributed by atoms with Crippen LogP contribution in [-0.2, 0) is 13.1 Å². The van der Waals surface area contributed by atoms with Gasteiger partial charge in [-0.1, -0.05) is 60.7 Å². The fraction of sp³-hybridized carbons (Fsp3) is 0.0952. The first-order valence-electron chi connectivity index (χ1n) is 8.74. The summed E-state index contributed by atoms with van der Waals surface area (Å²) in [5.74, 6) is -0.198. The van der Waals surface area contributed by atoms with E-state index in [1.807, 2.05) is 60.7 Å². The maximum Gasteiger partial charge on any atom is 0.278 e. The van der Waals surface area contributed by atoms with Crippen molar-refractivity contribution in [1.29, 1.82) is 0 Å². The number of carbonyl (C=O) groups excluding carboxylic acids is 1. The van der Waals surface area contributed by atoms with Crippen LogP contribution in [-0.4, -0.2) is 25.4 Å². The van der Waals surface area contributed by atoms with Crippen LogP contribution >= 0.6 is 0 Å². The summed E-state index contributed by atoms with van der Waals surface area (Å²) >= 11 is 0. The van der Waals surface area contributed by atoms with Gasteiger partial charge in [-0.3, -0.25) is 14.7 Å². The van der Waals surface area contributed by atoms with E-state index in [1.165, 1.54) is 4.52 Å². The average Bonchev–Trinajstić information content (AvgIpc) is 3.27. The Hall–Kier alpha value is -3.67. The molecule has 0 saturated heterocycles. The van der Waals surface area contributed by atoms with Crippen molar-refractivity contribution in [1.82, 2.24) is 19.5 Å². The number of aromatic nitrogens is 3. The quantitative estimate of drug-likeness (QED) is 0.614. The number of hydrogen-bond acceptors (Lipinski definition) is 3. The Kier molecular flexibility index (Phi) is 3.43. The first-order chi connectivity index (χ1) is 13.2. The lowest BCUT2D eigenvalue weighted by atomic mass is 10.2. The molecule has 5 rings (SSSR count). The van der Waals surface area contributed by atoms with Crippen LogP contribution < -0.4 is 5.56 Å². The molecule has 0 atom stereocenters. The lowest BCUT2D eigenvalue weighted by Crippen LogP contribution is -2.23. The third-order valence-corrected chi connectivity index (χ3v) is 4.85. The highest BCUT2D eigenvalue weighted by molar-refractivity contribution is 5.96. The van der Waals surface area contributed by atoms with Gasteiger partial charge in [-0.15, -0.1) is 0 Å². The summed E-state index contributed by atoms with van der Waals surface area (Å²) in [5.41, 5.74) is 3.70. The molecule has 6 heteroatoms. The minimum absolute atomic E-state index is 0.198. The molecule has 27 heavy (non-hydrogen) atoms. The Morgan fingerprint density at radius 1 is 0.963 bits per heavy atom. The molecule has 0 bridgehead atoms. The zero-order chi connectivity index (χ0) is 18.4. The SMILES string of the molecule is O=C1c2nc3cc(-c4ccccc4)[nH]n3c(=O)c2CN1Cc1ccccc1. The monoisotopic (exact) mass is 356 g/mol. The number of carbonyl (C=O) groups is 1. The highest BCUT2D eigenvalue weighted by Gasteiger charge is 2.32. The van der Waals surface area contributed by atoms with E-state index in [4.69, 9.17) is 0 Å². The molecule has 2 aromatic carbocycles. The molecule has 2 aromatic heterocycles. The van der Waals surface area contributed by atoms with Crippen molar-refractivity contribution < 1.29 is 4.79 Å². The molecule has 1 amide bonds. The fourth-order valence-corrected chi connectivity index (χ4v) is 3.49. The van der Waals surface area contributed by atoms with Gasteiger partial charge < -0.3 is 4.90 Å². The topological polar surface area (TPSA) is 70.5 Å². The Bertz CT molecular complexity index is 1210. The largest absolute Gasteiger partial charge is 0.328 e. The Morgan fingerprint density at radius 3 is 2.41 bits per heavy atom. The van der Waals surface area contributed by atoms with Crippen LogP contribution in [0.15, 0.2) is 71.5 Å². The molecule has 1 aliphatic rings. The van der Waals surface area contributed by atoms with Gasteiger partial charge in [0.15, 0.2) is 5.65 Å². The molecule has 1 N–H and O–H groups in total. The summed E-state index contributed by atoms with van der Waals surface area (Å²) in [6, 6.07) is 21.2. The molecule has 0 saturated carbocycles. The second-order valence-electron chi connectivity index (χ2n) is 6.62.